The molecular weight excluding hydrogens is 320 g/mol. The van der Waals surface area contributed by atoms with Gasteiger partial charge in [-0.25, -0.2) is 17.6 Å². The molecule has 0 bridgehead atoms. The normalized spacial score (nSPS) is 15.7. The fourth-order valence-corrected chi connectivity index (χ4v) is 3.06. The summed E-state index contributed by atoms with van der Waals surface area (Å²) in [6, 6.07) is 0. The molecule has 1 saturated heterocycles. The fraction of sp³-hybridized carbons (Fsp3) is 0.556. The van der Waals surface area contributed by atoms with Crippen molar-refractivity contribution in [2.45, 2.75) is 33.1 Å². The number of nitrogens with one attached hydrogen (secondary N) is 1. The van der Waals surface area contributed by atoms with Gasteiger partial charge >= 0.3 is 0 Å². The van der Waals surface area contributed by atoms with Crippen LogP contribution in [0.25, 0.3) is 6.08 Å². The van der Waals surface area contributed by atoms with Gasteiger partial charge < -0.3 is 9.80 Å². The van der Waals surface area contributed by atoms with Gasteiger partial charge in [0.25, 0.3) is 0 Å². The Labute approximate surface area is 140 Å². The lowest BCUT2D eigenvalue weighted by Crippen LogP contribution is -3.11. The van der Waals surface area contributed by atoms with Gasteiger partial charge in [-0.1, -0.05) is 0 Å². The van der Waals surface area contributed by atoms with Crippen molar-refractivity contribution in [1.82, 2.24) is 0 Å². The highest BCUT2D eigenvalue weighted by Crippen LogP contribution is 2.33. The van der Waals surface area contributed by atoms with Crippen LogP contribution in [0, 0.1) is 23.3 Å². The quantitative estimate of drug-likeness (QED) is 0.615. The maximum absolute atomic E-state index is 14.3. The summed E-state index contributed by atoms with van der Waals surface area (Å²) < 4.78 is 57.2. The van der Waals surface area contributed by atoms with E-state index in [2.05, 4.69) is 0 Å². The first-order valence-electron chi connectivity index (χ1n) is 8.62. The Balaban J connectivity index is 2.32. The monoisotopic (exact) mass is 345 g/mol. The maximum Gasteiger partial charge on any atom is 0.185 e. The van der Waals surface area contributed by atoms with E-state index >= 15 is 0 Å². The molecule has 0 aliphatic carbocycles. The largest absolute Gasteiger partial charge is 0.367 e. The third-order valence-corrected chi connectivity index (χ3v) is 4.64. The van der Waals surface area contributed by atoms with Gasteiger partial charge in [0, 0.05) is 13.1 Å². The number of anilines is 1. The van der Waals surface area contributed by atoms with Crippen LogP contribution in [0.5, 0.6) is 0 Å². The Morgan fingerprint density at radius 1 is 0.875 bits per heavy atom. The topological polar surface area (TPSA) is 7.68 Å². The van der Waals surface area contributed by atoms with Crippen molar-refractivity contribution in [1.29, 1.82) is 0 Å². The number of piperidine rings is 1. The molecule has 0 amide bonds. The number of rotatable bonds is 6. The van der Waals surface area contributed by atoms with Gasteiger partial charge in [0.1, 0.15) is 5.69 Å². The number of hydrogen-bond donors (Lipinski definition) is 1. The molecular formula is C18H25F4N2+. The lowest BCUT2D eigenvalue weighted by molar-refractivity contribution is -0.890. The second-order valence-corrected chi connectivity index (χ2v) is 6.13. The van der Waals surface area contributed by atoms with E-state index in [1.54, 1.807) is 6.08 Å². The third-order valence-electron chi connectivity index (χ3n) is 4.64. The van der Waals surface area contributed by atoms with Crippen LogP contribution >= 0.6 is 0 Å². The molecule has 1 N–H and O–H groups in total. The van der Waals surface area contributed by atoms with Crippen LogP contribution in [-0.2, 0) is 0 Å². The summed E-state index contributed by atoms with van der Waals surface area (Å²) in [6.45, 7) is 7.09. The predicted molar refractivity (Wildman–Crippen MR) is 88.3 cm³/mol. The smallest absolute Gasteiger partial charge is 0.185 e. The van der Waals surface area contributed by atoms with Crippen LogP contribution in [0.3, 0.4) is 0 Å². The number of benzene rings is 1. The Hall–Kier alpha value is -1.56. The number of nitrogens with zero attached hydrogens (tertiary/aromatic N) is 1. The Kier molecular flexibility index (Phi) is 6.66. The third kappa shape index (κ3) is 3.91. The highest BCUT2D eigenvalue weighted by Gasteiger charge is 2.28. The summed E-state index contributed by atoms with van der Waals surface area (Å²) in [5, 5.41) is 0. The first kappa shape index (κ1) is 18.8. The zero-order valence-electron chi connectivity index (χ0n) is 14.3. The molecule has 0 spiro atoms. The first-order chi connectivity index (χ1) is 11.5. The summed E-state index contributed by atoms with van der Waals surface area (Å²) in [4.78, 5) is 2.60. The highest BCUT2D eigenvalue weighted by molar-refractivity contribution is 5.60. The van der Waals surface area contributed by atoms with E-state index in [1.165, 1.54) is 9.80 Å². The zero-order valence-corrected chi connectivity index (χ0v) is 14.3. The van der Waals surface area contributed by atoms with E-state index in [0.717, 1.165) is 38.4 Å². The fourth-order valence-electron chi connectivity index (χ4n) is 3.06. The minimum atomic E-state index is -1.32. The van der Waals surface area contributed by atoms with Crippen LogP contribution in [-0.4, -0.2) is 32.7 Å². The molecule has 1 fully saturated rings. The molecule has 6 heteroatoms. The van der Waals surface area contributed by atoms with E-state index in [1.807, 2.05) is 13.8 Å². The molecule has 0 aromatic heterocycles. The number of hydrogen-bond acceptors (Lipinski definition) is 1. The SMILES string of the molecule is CC[NH+](CC)C/C=C/c1c(F)c(F)c(N2CCCCC2)c(F)c1F. The van der Waals surface area contributed by atoms with Gasteiger partial charge in [-0.2, -0.15) is 0 Å². The van der Waals surface area contributed by atoms with Crippen molar-refractivity contribution in [3.05, 3.63) is 34.9 Å². The molecule has 24 heavy (non-hydrogen) atoms. The van der Waals surface area contributed by atoms with Gasteiger partial charge in [0.2, 0.25) is 0 Å². The van der Waals surface area contributed by atoms with Crippen LogP contribution in [0.15, 0.2) is 6.08 Å². The van der Waals surface area contributed by atoms with Crippen molar-refractivity contribution in [2.24, 2.45) is 0 Å². The molecule has 1 aliphatic heterocycles. The standard InChI is InChI=1S/C18H24F4N2/c1-3-23(4-2)10-8-9-13-14(19)16(21)18(17(22)15(13)20)24-11-6-5-7-12-24/h8-9H,3-7,10-12H2,1-2H3/p+1/b9-8+. The van der Waals surface area contributed by atoms with Gasteiger partial charge in [-0.15, -0.1) is 0 Å². The van der Waals surface area contributed by atoms with Crippen molar-refractivity contribution in [3.8, 4) is 0 Å². The van der Waals surface area contributed by atoms with Crippen LogP contribution < -0.4 is 9.80 Å². The Bertz CT molecular complexity index is 562. The second kappa shape index (κ2) is 8.51. The molecule has 0 atom stereocenters. The lowest BCUT2D eigenvalue weighted by atomic mass is 10.1. The summed E-state index contributed by atoms with van der Waals surface area (Å²) >= 11 is 0. The van der Waals surface area contributed by atoms with E-state index in [9.17, 15) is 17.6 Å². The van der Waals surface area contributed by atoms with E-state index in [-0.39, 0.29) is 0 Å². The van der Waals surface area contributed by atoms with Gasteiger partial charge in [0.15, 0.2) is 23.3 Å². The second-order valence-electron chi connectivity index (χ2n) is 6.13. The molecule has 2 nitrogen and oxygen atoms in total. The summed E-state index contributed by atoms with van der Waals surface area (Å²) in [6.07, 6.45) is 5.18. The van der Waals surface area contributed by atoms with Crippen molar-refractivity contribution in [3.63, 3.8) is 0 Å². The molecule has 1 aromatic rings. The molecule has 134 valence electrons. The average molecular weight is 345 g/mol. The van der Waals surface area contributed by atoms with E-state index in [4.69, 9.17) is 0 Å². The molecule has 0 saturated carbocycles. The molecule has 0 unspecified atom stereocenters. The van der Waals surface area contributed by atoms with Gasteiger partial charge in [0.05, 0.1) is 25.2 Å². The first-order valence-corrected chi connectivity index (χ1v) is 8.62. The maximum atomic E-state index is 14.3. The number of quaternary nitrogens is 1. The summed E-state index contributed by atoms with van der Waals surface area (Å²) in [5.74, 6) is -5.24. The molecule has 1 aliphatic rings. The predicted octanol–water partition coefficient (Wildman–Crippen LogP) is 3.17. The van der Waals surface area contributed by atoms with Crippen LogP contribution in [0.2, 0.25) is 0 Å². The van der Waals surface area contributed by atoms with E-state index < -0.39 is 34.5 Å². The van der Waals surface area contributed by atoms with Gasteiger partial charge in [-0.3, -0.25) is 0 Å². The molecule has 1 aromatic carbocycles. The van der Waals surface area contributed by atoms with Crippen LogP contribution in [0.1, 0.15) is 38.7 Å². The molecule has 2 rings (SSSR count). The van der Waals surface area contributed by atoms with Gasteiger partial charge in [-0.05, 0) is 45.3 Å². The number of halogens is 4. The van der Waals surface area contributed by atoms with Crippen molar-refractivity contribution in [2.75, 3.05) is 37.6 Å². The van der Waals surface area contributed by atoms with Crippen molar-refractivity contribution >= 4 is 11.8 Å². The molecule has 1 heterocycles. The van der Waals surface area contributed by atoms with E-state index in [0.29, 0.717) is 19.6 Å². The summed E-state index contributed by atoms with van der Waals surface area (Å²) in [7, 11) is 0. The highest BCUT2D eigenvalue weighted by atomic mass is 19.2. The average Bonchev–Trinajstić information content (AvgIpc) is 2.61. The zero-order chi connectivity index (χ0) is 17.7. The minimum absolute atomic E-state index is 0.410. The Morgan fingerprint density at radius 2 is 1.42 bits per heavy atom. The molecule has 0 radical (unpaired) electrons. The lowest BCUT2D eigenvalue weighted by Gasteiger charge is -2.29. The van der Waals surface area contributed by atoms with Crippen LogP contribution in [0.4, 0.5) is 23.2 Å². The Morgan fingerprint density at radius 3 is 1.92 bits per heavy atom. The summed E-state index contributed by atoms with van der Waals surface area (Å²) in [5.41, 5.74) is -1.21. The van der Waals surface area contributed by atoms with Crippen molar-refractivity contribution < 1.29 is 22.5 Å². The minimum Gasteiger partial charge on any atom is -0.367 e. The number of likely N-dealkylation sites (N-methyl/N-ethyl adjacent to an activating group) is 1.